The van der Waals surface area contributed by atoms with Gasteiger partial charge in [-0.05, 0) is 39.7 Å². The zero-order chi connectivity index (χ0) is 17.8. The average molecular weight is 349 g/mol. The summed E-state index contributed by atoms with van der Waals surface area (Å²) in [6, 6.07) is 2.50. The van der Waals surface area contributed by atoms with Gasteiger partial charge in [-0.2, -0.15) is 5.10 Å². The lowest BCUT2D eigenvalue weighted by Gasteiger charge is -2.26. The molecule has 1 N–H and O–H groups in total. The maximum absolute atomic E-state index is 14.0. The number of hydrogen-bond acceptors (Lipinski definition) is 5. The number of halogens is 1. The van der Waals surface area contributed by atoms with Crippen LogP contribution in [0.3, 0.4) is 0 Å². The Morgan fingerprint density at radius 2 is 2.28 bits per heavy atom. The van der Waals surface area contributed by atoms with Gasteiger partial charge in [0.2, 0.25) is 0 Å². The van der Waals surface area contributed by atoms with Gasteiger partial charge >= 0.3 is 0 Å². The Kier molecular flexibility index (Phi) is 5.86. The van der Waals surface area contributed by atoms with Crippen LogP contribution in [0.1, 0.15) is 36.8 Å². The normalized spacial score (nSPS) is 22.6. The van der Waals surface area contributed by atoms with E-state index in [9.17, 15) is 4.39 Å². The van der Waals surface area contributed by atoms with Crippen molar-refractivity contribution >= 4 is 0 Å². The zero-order valence-corrected chi connectivity index (χ0v) is 15.3. The zero-order valence-electron chi connectivity index (χ0n) is 15.3. The van der Waals surface area contributed by atoms with Gasteiger partial charge in [-0.3, -0.25) is 9.58 Å². The molecule has 1 saturated heterocycles. The van der Waals surface area contributed by atoms with E-state index in [1.54, 1.807) is 6.20 Å². The van der Waals surface area contributed by atoms with E-state index in [0.29, 0.717) is 25.6 Å². The number of likely N-dealkylation sites (tertiary alicyclic amines) is 1. The first-order chi connectivity index (χ1) is 12.0. The molecule has 3 heterocycles. The van der Waals surface area contributed by atoms with E-state index in [-0.39, 0.29) is 6.04 Å². The summed E-state index contributed by atoms with van der Waals surface area (Å²) >= 11 is 0. The molecule has 6 nitrogen and oxygen atoms in total. The van der Waals surface area contributed by atoms with Crippen LogP contribution in [-0.4, -0.2) is 51.2 Å². The van der Waals surface area contributed by atoms with Crippen LogP contribution in [0.4, 0.5) is 4.39 Å². The SMILES string of the molecule is Cc1noc(C)c1CN1C[C@@H](F)C[C@H]1CN[C@H](C)CCn1cccn1. The minimum atomic E-state index is -0.758. The molecule has 2 aromatic heterocycles. The molecule has 0 spiro atoms. The van der Waals surface area contributed by atoms with Crippen molar-refractivity contribution in [2.75, 3.05) is 13.1 Å². The Balaban J connectivity index is 1.49. The molecule has 1 fully saturated rings. The van der Waals surface area contributed by atoms with E-state index >= 15 is 0 Å². The summed E-state index contributed by atoms with van der Waals surface area (Å²) in [5.41, 5.74) is 1.99. The minimum absolute atomic E-state index is 0.204. The lowest BCUT2D eigenvalue weighted by atomic mass is 10.1. The Labute approximate surface area is 148 Å². The fourth-order valence-corrected chi connectivity index (χ4v) is 3.46. The molecule has 0 bridgehead atoms. The second-order valence-electron chi connectivity index (χ2n) is 7.09. The number of hydrogen-bond donors (Lipinski definition) is 1. The number of nitrogens with zero attached hydrogens (tertiary/aromatic N) is 4. The Morgan fingerprint density at radius 1 is 1.44 bits per heavy atom. The Morgan fingerprint density at radius 3 is 2.96 bits per heavy atom. The van der Waals surface area contributed by atoms with Gasteiger partial charge in [0.15, 0.2) is 0 Å². The van der Waals surface area contributed by atoms with Crippen LogP contribution in [0.2, 0.25) is 0 Å². The second-order valence-corrected chi connectivity index (χ2v) is 7.09. The molecule has 25 heavy (non-hydrogen) atoms. The third-order valence-electron chi connectivity index (χ3n) is 5.07. The molecule has 0 aromatic carbocycles. The van der Waals surface area contributed by atoms with E-state index in [2.05, 4.69) is 27.4 Å². The first kappa shape index (κ1) is 18.1. The largest absolute Gasteiger partial charge is 0.361 e. The Hall–Kier alpha value is -1.73. The quantitative estimate of drug-likeness (QED) is 0.793. The third-order valence-corrected chi connectivity index (χ3v) is 5.07. The van der Waals surface area contributed by atoms with Gasteiger partial charge < -0.3 is 9.84 Å². The smallest absolute Gasteiger partial charge is 0.138 e. The number of rotatable bonds is 8. The van der Waals surface area contributed by atoms with Crippen LogP contribution in [0, 0.1) is 13.8 Å². The molecule has 0 unspecified atom stereocenters. The molecule has 7 heteroatoms. The summed E-state index contributed by atoms with van der Waals surface area (Å²) in [5, 5.41) is 11.8. The number of nitrogens with one attached hydrogen (secondary N) is 1. The van der Waals surface area contributed by atoms with E-state index in [4.69, 9.17) is 4.52 Å². The summed E-state index contributed by atoms with van der Waals surface area (Å²) in [6.45, 7) is 8.91. The van der Waals surface area contributed by atoms with Crippen molar-refractivity contribution in [2.45, 2.75) is 65.0 Å². The van der Waals surface area contributed by atoms with Crippen LogP contribution in [0.25, 0.3) is 0 Å². The van der Waals surface area contributed by atoms with Crippen LogP contribution in [0.5, 0.6) is 0 Å². The van der Waals surface area contributed by atoms with Gasteiger partial charge in [-0.25, -0.2) is 4.39 Å². The highest BCUT2D eigenvalue weighted by molar-refractivity contribution is 5.21. The number of aromatic nitrogens is 3. The van der Waals surface area contributed by atoms with Crippen molar-refractivity contribution < 1.29 is 8.91 Å². The first-order valence-corrected chi connectivity index (χ1v) is 9.03. The molecular formula is C18H28FN5O. The topological polar surface area (TPSA) is 59.1 Å². The van der Waals surface area contributed by atoms with Crippen molar-refractivity contribution in [2.24, 2.45) is 0 Å². The molecule has 2 aromatic rings. The van der Waals surface area contributed by atoms with Gasteiger partial charge in [-0.15, -0.1) is 0 Å². The molecule has 3 rings (SSSR count). The molecular weight excluding hydrogens is 321 g/mol. The molecule has 3 atom stereocenters. The molecule has 0 radical (unpaired) electrons. The molecule has 1 aliphatic heterocycles. The maximum Gasteiger partial charge on any atom is 0.138 e. The molecule has 0 aliphatic carbocycles. The lowest BCUT2D eigenvalue weighted by Crippen LogP contribution is -2.41. The Bertz CT molecular complexity index is 637. The predicted octanol–water partition coefficient (Wildman–Crippen LogP) is 2.47. The van der Waals surface area contributed by atoms with E-state index in [0.717, 1.165) is 36.5 Å². The van der Waals surface area contributed by atoms with Gasteiger partial charge in [0, 0.05) is 56.2 Å². The van der Waals surface area contributed by atoms with Crippen LogP contribution in [0.15, 0.2) is 23.0 Å². The molecule has 0 saturated carbocycles. The second kappa shape index (κ2) is 8.10. The van der Waals surface area contributed by atoms with Crippen molar-refractivity contribution in [3.05, 3.63) is 35.5 Å². The van der Waals surface area contributed by atoms with Crippen molar-refractivity contribution in [1.29, 1.82) is 0 Å². The highest BCUT2D eigenvalue weighted by Gasteiger charge is 2.33. The first-order valence-electron chi connectivity index (χ1n) is 9.03. The highest BCUT2D eigenvalue weighted by atomic mass is 19.1. The third kappa shape index (κ3) is 4.67. The lowest BCUT2D eigenvalue weighted by molar-refractivity contribution is 0.224. The number of alkyl halides is 1. The average Bonchev–Trinajstić information content (AvgIpc) is 3.29. The van der Waals surface area contributed by atoms with E-state index in [1.807, 2.05) is 30.8 Å². The van der Waals surface area contributed by atoms with E-state index < -0.39 is 6.17 Å². The maximum atomic E-state index is 14.0. The van der Waals surface area contributed by atoms with Crippen LogP contribution in [-0.2, 0) is 13.1 Å². The summed E-state index contributed by atoms with van der Waals surface area (Å²) in [6.07, 6.45) is 4.60. The summed E-state index contributed by atoms with van der Waals surface area (Å²) in [5.74, 6) is 0.833. The fourth-order valence-electron chi connectivity index (χ4n) is 3.46. The molecule has 0 amide bonds. The summed E-state index contributed by atoms with van der Waals surface area (Å²) < 4.78 is 21.2. The predicted molar refractivity (Wildman–Crippen MR) is 94.0 cm³/mol. The standard InChI is InChI=1S/C18H28FN5O/c1-13(5-8-24-7-4-6-21-24)20-10-17-9-16(19)11-23(17)12-18-14(2)22-25-15(18)3/h4,6-7,13,16-17,20H,5,8-12H2,1-3H3/t13-,16+,17+/m1/s1. The summed E-state index contributed by atoms with van der Waals surface area (Å²) in [4.78, 5) is 2.21. The van der Waals surface area contributed by atoms with Gasteiger partial charge in [0.25, 0.3) is 0 Å². The van der Waals surface area contributed by atoms with Gasteiger partial charge in [0.05, 0.1) is 5.69 Å². The van der Waals surface area contributed by atoms with Gasteiger partial charge in [0.1, 0.15) is 11.9 Å². The minimum Gasteiger partial charge on any atom is -0.361 e. The van der Waals surface area contributed by atoms with Crippen molar-refractivity contribution in [1.82, 2.24) is 25.2 Å². The highest BCUT2D eigenvalue weighted by Crippen LogP contribution is 2.24. The van der Waals surface area contributed by atoms with Crippen LogP contribution < -0.4 is 5.32 Å². The van der Waals surface area contributed by atoms with Crippen LogP contribution >= 0.6 is 0 Å². The van der Waals surface area contributed by atoms with Gasteiger partial charge in [-0.1, -0.05) is 5.16 Å². The molecule has 138 valence electrons. The van der Waals surface area contributed by atoms with E-state index in [1.165, 1.54) is 0 Å². The molecule has 1 aliphatic rings. The summed E-state index contributed by atoms with van der Waals surface area (Å²) in [7, 11) is 0. The monoisotopic (exact) mass is 349 g/mol. The van der Waals surface area contributed by atoms with Crippen molar-refractivity contribution in [3.63, 3.8) is 0 Å². The van der Waals surface area contributed by atoms with Crippen molar-refractivity contribution in [3.8, 4) is 0 Å². The number of aryl methyl sites for hydroxylation is 3. The fraction of sp³-hybridized carbons (Fsp3) is 0.667.